The molecule has 0 fully saturated rings. The maximum atomic E-state index is 13.3. The van der Waals surface area contributed by atoms with Crippen LogP contribution in [-0.2, 0) is 6.42 Å². The molecule has 3 rings (SSSR count). The first kappa shape index (κ1) is 13.6. The molecule has 1 aliphatic rings. The summed E-state index contributed by atoms with van der Waals surface area (Å²) in [6.45, 7) is 1.87. The third-order valence-corrected chi connectivity index (χ3v) is 3.89. The van der Waals surface area contributed by atoms with Gasteiger partial charge in [0.25, 0.3) is 0 Å². The second-order valence-corrected chi connectivity index (χ2v) is 5.29. The minimum atomic E-state index is -0.932. The molecule has 0 radical (unpaired) electrons. The number of carboxylic acids is 1. The number of fused-ring (bicyclic) bond motifs is 1. The highest BCUT2D eigenvalue weighted by atomic mass is 19.1. The molecule has 2 aromatic carbocycles. The molecular weight excluding hydrogens is 267 g/mol. The molecule has 1 N–H and O–H groups in total. The maximum absolute atomic E-state index is 13.3. The Morgan fingerprint density at radius 3 is 2.67 bits per heavy atom. The second-order valence-electron chi connectivity index (χ2n) is 5.29. The van der Waals surface area contributed by atoms with Crippen LogP contribution in [0.3, 0.4) is 0 Å². The molecule has 0 amide bonds. The van der Waals surface area contributed by atoms with Crippen molar-refractivity contribution < 1.29 is 14.3 Å². The standard InChI is InChI=1S/C18H15FO2/c1-11-9-14(19)7-8-15(11)16-4-2-3-12-5-6-13(18(20)21)10-17(12)16/h4-10H,2-3H2,1H3,(H,20,21). The van der Waals surface area contributed by atoms with E-state index in [2.05, 4.69) is 6.08 Å². The van der Waals surface area contributed by atoms with Crippen LogP contribution in [0, 0.1) is 12.7 Å². The van der Waals surface area contributed by atoms with Gasteiger partial charge in [0.2, 0.25) is 0 Å². The van der Waals surface area contributed by atoms with Crippen LogP contribution in [0.1, 0.15) is 39.0 Å². The van der Waals surface area contributed by atoms with E-state index in [1.54, 1.807) is 18.2 Å². The number of rotatable bonds is 2. The largest absolute Gasteiger partial charge is 0.478 e. The molecule has 0 atom stereocenters. The Hall–Kier alpha value is -2.42. The van der Waals surface area contributed by atoms with Gasteiger partial charge < -0.3 is 5.11 Å². The van der Waals surface area contributed by atoms with E-state index in [-0.39, 0.29) is 11.4 Å². The fourth-order valence-electron chi connectivity index (χ4n) is 2.84. The Kier molecular flexibility index (Phi) is 3.34. The van der Waals surface area contributed by atoms with Gasteiger partial charge in [-0.2, -0.15) is 0 Å². The van der Waals surface area contributed by atoms with Crippen LogP contribution in [0.25, 0.3) is 5.57 Å². The molecule has 0 spiro atoms. The van der Waals surface area contributed by atoms with E-state index in [1.165, 1.54) is 12.1 Å². The SMILES string of the molecule is Cc1cc(F)ccc1C1=CCCc2ccc(C(=O)O)cc21. The fourth-order valence-corrected chi connectivity index (χ4v) is 2.84. The first-order valence-corrected chi connectivity index (χ1v) is 6.89. The van der Waals surface area contributed by atoms with E-state index in [9.17, 15) is 9.18 Å². The van der Waals surface area contributed by atoms with E-state index < -0.39 is 5.97 Å². The summed E-state index contributed by atoms with van der Waals surface area (Å²) in [5.41, 5.74) is 5.17. The molecule has 1 aliphatic carbocycles. The summed E-state index contributed by atoms with van der Waals surface area (Å²) < 4.78 is 13.3. The van der Waals surface area contributed by atoms with Gasteiger partial charge in [-0.05, 0) is 71.9 Å². The van der Waals surface area contributed by atoms with Crippen molar-refractivity contribution in [1.29, 1.82) is 0 Å². The summed E-state index contributed by atoms with van der Waals surface area (Å²) in [5, 5.41) is 9.17. The lowest BCUT2D eigenvalue weighted by Crippen LogP contribution is -2.05. The number of hydrogen-bond acceptors (Lipinski definition) is 1. The van der Waals surface area contributed by atoms with Crippen molar-refractivity contribution >= 4 is 11.5 Å². The topological polar surface area (TPSA) is 37.3 Å². The lowest BCUT2D eigenvalue weighted by molar-refractivity contribution is 0.0697. The summed E-state index contributed by atoms with van der Waals surface area (Å²) in [7, 11) is 0. The molecule has 0 aromatic heterocycles. The van der Waals surface area contributed by atoms with E-state index in [0.29, 0.717) is 0 Å². The predicted octanol–water partition coefficient (Wildman–Crippen LogP) is 4.21. The van der Waals surface area contributed by atoms with Gasteiger partial charge in [0.05, 0.1) is 5.56 Å². The Morgan fingerprint density at radius 2 is 1.95 bits per heavy atom. The Labute approximate surface area is 122 Å². The average Bonchev–Trinajstić information content (AvgIpc) is 2.46. The molecule has 0 bridgehead atoms. The molecule has 0 saturated heterocycles. The first-order chi connectivity index (χ1) is 10.1. The number of halogens is 1. The van der Waals surface area contributed by atoms with Crippen molar-refractivity contribution in [3.8, 4) is 0 Å². The Morgan fingerprint density at radius 1 is 1.14 bits per heavy atom. The molecule has 0 unspecified atom stereocenters. The van der Waals surface area contributed by atoms with Crippen molar-refractivity contribution in [2.45, 2.75) is 19.8 Å². The smallest absolute Gasteiger partial charge is 0.335 e. The fraction of sp³-hybridized carbons (Fsp3) is 0.167. The molecule has 2 aromatic rings. The molecule has 106 valence electrons. The van der Waals surface area contributed by atoms with Crippen LogP contribution in [-0.4, -0.2) is 11.1 Å². The van der Waals surface area contributed by atoms with E-state index in [0.717, 1.165) is 40.7 Å². The zero-order valence-corrected chi connectivity index (χ0v) is 11.7. The Balaban J connectivity index is 2.16. The zero-order valence-electron chi connectivity index (χ0n) is 11.7. The number of carbonyl (C=O) groups is 1. The number of hydrogen-bond donors (Lipinski definition) is 1. The third kappa shape index (κ3) is 2.47. The highest BCUT2D eigenvalue weighted by molar-refractivity contribution is 5.91. The second kappa shape index (κ2) is 5.17. The highest BCUT2D eigenvalue weighted by Gasteiger charge is 2.17. The van der Waals surface area contributed by atoms with Gasteiger partial charge in [0.15, 0.2) is 0 Å². The maximum Gasteiger partial charge on any atom is 0.335 e. The van der Waals surface area contributed by atoms with E-state index >= 15 is 0 Å². The molecule has 2 nitrogen and oxygen atoms in total. The monoisotopic (exact) mass is 282 g/mol. The summed E-state index contributed by atoms with van der Waals surface area (Å²) in [4.78, 5) is 11.2. The van der Waals surface area contributed by atoms with Crippen molar-refractivity contribution in [2.24, 2.45) is 0 Å². The van der Waals surface area contributed by atoms with Gasteiger partial charge in [-0.3, -0.25) is 0 Å². The zero-order chi connectivity index (χ0) is 15.0. The van der Waals surface area contributed by atoms with Crippen LogP contribution in [0.2, 0.25) is 0 Å². The number of allylic oxidation sites excluding steroid dienone is 1. The van der Waals surface area contributed by atoms with Crippen LogP contribution < -0.4 is 0 Å². The molecule has 0 saturated carbocycles. The molecular formula is C18H15FO2. The molecule has 0 aliphatic heterocycles. The summed E-state index contributed by atoms with van der Waals surface area (Å²) in [6.07, 6.45) is 3.92. The van der Waals surface area contributed by atoms with E-state index in [4.69, 9.17) is 5.11 Å². The average molecular weight is 282 g/mol. The van der Waals surface area contributed by atoms with Crippen molar-refractivity contribution in [2.75, 3.05) is 0 Å². The third-order valence-electron chi connectivity index (χ3n) is 3.89. The van der Waals surface area contributed by atoms with Gasteiger partial charge in [-0.25, -0.2) is 9.18 Å². The minimum Gasteiger partial charge on any atom is -0.478 e. The number of benzene rings is 2. The lowest BCUT2D eigenvalue weighted by Gasteiger charge is -2.20. The first-order valence-electron chi connectivity index (χ1n) is 6.89. The highest BCUT2D eigenvalue weighted by Crippen LogP contribution is 2.34. The number of aryl methyl sites for hydroxylation is 2. The van der Waals surface area contributed by atoms with E-state index in [1.807, 2.05) is 13.0 Å². The number of carboxylic acid groups (broad SMARTS) is 1. The van der Waals surface area contributed by atoms with Crippen LogP contribution in [0.4, 0.5) is 4.39 Å². The normalized spacial score (nSPS) is 13.5. The van der Waals surface area contributed by atoms with Crippen LogP contribution in [0.5, 0.6) is 0 Å². The predicted molar refractivity (Wildman–Crippen MR) is 79.9 cm³/mol. The minimum absolute atomic E-state index is 0.257. The van der Waals surface area contributed by atoms with Crippen molar-refractivity contribution in [1.82, 2.24) is 0 Å². The van der Waals surface area contributed by atoms with Gasteiger partial charge >= 0.3 is 5.97 Å². The van der Waals surface area contributed by atoms with Crippen molar-refractivity contribution in [3.05, 3.63) is 76.1 Å². The van der Waals surface area contributed by atoms with Gasteiger partial charge in [0.1, 0.15) is 5.82 Å². The van der Waals surface area contributed by atoms with Gasteiger partial charge in [-0.1, -0.05) is 18.2 Å². The van der Waals surface area contributed by atoms with Crippen LogP contribution in [0.15, 0.2) is 42.5 Å². The van der Waals surface area contributed by atoms with Gasteiger partial charge in [-0.15, -0.1) is 0 Å². The summed E-state index contributed by atoms with van der Waals surface area (Å²) >= 11 is 0. The van der Waals surface area contributed by atoms with Crippen molar-refractivity contribution in [3.63, 3.8) is 0 Å². The molecule has 0 heterocycles. The van der Waals surface area contributed by atoms with Gasteiger partial charge in [0, 0.05) is 0 Å². The Bertz CT molecular complexity index is 760. The summed E-state index contributed by atoms with van der Waals surface area (Å²) in [5.74, 6) is -1.19. The number of aromatic carboxylic acids is 1. The quantitative estimate of drug-likeness (QED) is 0.895. The van der Waals surface area contributed by atoms with Crippen LogP contribution >= 0.6 is 0 Å². The lowest BCUT2D eigenvalue weighted by atomic mass is 9.84. The molecule has 21 heavy (non-hydrogen) atoms. The molecule has 3 heteroatoms. The summed E-state index contributed by atoms with van der Waals surface area (Å²) in [6, 6.07) is 9.95.